The fraction of sp³-hybridized carbons (Fsp3) is 0.333. The van der Waals surface area contributed by atoms with Gasteiger partial charge in [0.2, 0.25) is 0 Å². The van der Waals surface area contributed by atoms with Crippen molar-refractivity contribution in [1.82, 2.24) is 9.97 Å². The first-order valence-corrected chi connectivity index (χ1v) is 7.23. The van der Waals surface area contributed by atoms with Gasteiger partial charge >= 0.3 is 5.69 Å². The molecule has 1 aromatic heterocycles. The van der Waals surface area contributed by atoms with Crippen LogP contribution in [0.25, 0.3) is 10.9 Å². The van der Waals surface area contributed by atoms with E-state index in [1.165, 1.54) is 6.07 Å². The standard InChI is InChI=1S/C12H14N2O5S/c1-12(2,3)8-7(20(17,18)19)5-4-6-9(8)13-11(16)14-10(6)15/h4-5H,1-3H3,(H,17,18,19)(H2,13,14,15,16). The quantitative estimate of drug-likeness (QED) is 0.671. The van der Waals surface area contributed by atoms with Crippen molar-refractivity contribution in [3.05, 3.63) is 38.5 Å². The predicted molar refractivity (Wildman–Crippen MR) is 73.7 cm³/mol. The van der Waals surface area contributed by atoms with Gasteiger partial charge in [0, 0.05) is 5.56 Å². The Bertz CT molecular complexity index is 900. The number of fused-ring (bicyclic) bond motifs is 1. The third-order valence-corrected chi connectivity index (χ3v) is 3.80. The van der Waals surface area contributed by atoms with Crippen LogP contribution in [0, 0.1) is 0 Å². The van der Waals surface area contributed by atoms with Gasteiger partial charge in [-0.1, -0.05) is 20.8 Å². The molecule has 0 saturated carbocycles. The molecule has 0 fully saturated rings. The maximum Gasteiger partial charge on any atom is 0.326 e. The summed E-state index contributed by atoms with van der Waals surface area (Å²) in [4.78, 5) is 27.4. The lowest BCUT2D eigenvalue weighted by Gasteiger charge is -2.23. The lowest BCUT2D eigenvalue weighted by molar-refractivity contribution is 0.477. The van der Waals surface area contributed by atoms with Crippen molar-refractivity contribution >= 4 is 21.0 Å². The Morgan fingerprint density at radius 2 is 1.70 bits per heavy atom. The third kappa shape index (κ3) is 2.39. The van der Waals surface area contributed by atoms with Crippen LogP contribution in [0.5, 0.6) is 0 Å². The highest BCUT2D eigenvalue weighted by Crippen LogP contribution is 2.33. The van der Waals surface area contributed by atoms with Gasteiger partial charge < -0.3 is 4.98 Å². The van der Waals surface area contributed by atoms with Crippen LogP contribution in [0.4, 0.5) is 0 Å². The van der Waals surface area contributed by atoms with Crippen molar-refractivity contribution < 1.29 is 13.0 Å². The smallest absolute Gasteiger partial charge is 0.307 e. The van der Waals surface area contributed by atoms with Crippen LogP contribution >= 0.6 is 0 Å². The van der Waals surface area contributed by atoms with Gasteiger partial charge in [0.05, 0.1) is 15.8 Å². The minimum atomic E-state index is -4.47. The molecule has 0 radical (unpaired) electrons. The average molecular weight is 298 g/mol. The minimum Gasteiger partial charge on any atom is -0.307 e. The van der Waals surface area contributed by atoms with Crippen molar-refractivity contribution in [2.45, 2.75) is 31.1 Å². The Kier molecular flexibility index (Phi) is 3.10. The van der Waals surface area contributed by atoms with E-state index in [0.29, 0.717) is 0 Å². The molecule has 0 bridgehead atoms. The molecule has 0 atom stereocenters. The first-order valence-electron chi connectivity index (χ1n) is 5.79. The zero-order chi connectivity index (χ0) is 15.3. The summed E-state index contributed by atoms with van der Waals surface area (Å²) in [6, 6.07) is 2.41. The van der Waals surface area contributed by atoms with Crippen LogP contribution in [0.2, 0.25) is 0 Å². The summed E-state index contributed by atoms with van der Waals surface area (Å²) in [5.74, 6) is 0. The van der Waals surface area contributed by atoms with Gasteiger partial charge in [-0.15, -0.1) is 0 Å². The van der Waals surface area contributed by atoms with Gasteiger partial charge in [-0.3, -0.25) is 14.3 Å². The number of nitrogens with one attached hydrogen (secondary N) is 2. The monoisotopic (exact) mass is 298 g/mol. The van der Waals surface area contributed by atoms with Gasteiger partial charge in [-0.2, -0.15) is 8.42 Å². The SMILES string of the molecule is CC(C)(C)c1c(S(=O)(=O)O)ccc2c(=O)[nH]c(=O)[nH]c12. The zero-order valence-corrected chi connectivity index (χ0v) is 12.0. The highest BCUT2D eigenvalue weighted by Gasteiger charge is 2.28. The van der Waals surface area contributed by atoms with Crippen LogP contribution in [0.1, 0.15) is 26.3 Å². The summed E-state index contributed by atoms with van der Waals surface area (Å²) in [7, 11) is -4.47. The fourth-order valence-electron chi connectivity index (χ4n) is 2.18. The molecule has 1 heterocycles. The molecule has 2 aromatic rings. The van der Waals surface area contributed by atoms with Gasteiger partial charge in [-0.25, -0.2) is 4.79 Å². The molecule has 0 unspecified atom stereocenters. The lowest BCUT2D eigenvalue weighted by atomic mass is 9.85. The molecular weight excluding hydrogens is 284 g/mol. The molecule has 3 N–H and O–H groups in total. The number of aromatic amines is 2. The fourth-order valence-corrected chi connectivity index (χ4v) is 3.08. The van der Waals surface area contributed by atoms with E-state index in [9.17, 15) is 22.6 Å². The molecule has 2 rings (SSSR count). The first-order chi connectivity index (χ1) is 9.01. The molecule has 0 amide bonds. The van der Waals surface area contributed by atoms with Gasteiger partial charge in [0.1, 0.15) is 0 Å². The molecular formula is C12H14N2O5S. The molecule has 7 nitrogen and oxygen atoms in total. The number of benzene rings is 1. The van der Waals surface area contributed by atoms with Crippen molar-refractivity contribution in [3.63, 3.8) is 0 Å². The highest BCUT2D eigenvalue weighted by molar-refractivity contribution is 7.85. The van der Waals surface area contributed by atoms with Crippen molar-refractivity contribution in [3.8, 4) is 0 Å². The summed E-state index contributed by atoms with van der Waals surface area (Å²) in [6.07, 6.45) is 0. The Labute approximate surface area is 114 Å². The number of aromatic nitrogens is 2. The maximum absolute atomic E-state index is 11.8. The van der Waals surface area contributed by atoms with Crippen molar-refractivity contribution in [2.75, 3.05) is 0 Å². The topological polar surface area (TPSA) is 120 Å². The van der Waals surface area contributed by atoms with E-state index in [4.69, 9.17) is 0 Å². The van der Waals surface area contributed by atoms with E-state index in [1.54, 1.807) is 20.8 Å². The van der Waals surface area contributed by atoms with E-state index in [2.05, 4.69) is 9.97 Å². The van der Waals surface area contributed by atoms with Crippen LogP contribution in [0.15, 0.2) is 26.6 Å². The predicted octanol–water partition coefficient (Wildman–Crippen LogP) is 0.761. The lowest BCUT2D eigenvalue weighted by Crippen LogP contribution is -2.26. The summed E-state index contributed by atoms with van der Waals surface area (Å²) in [5, 5.41) is 0.155. The van der Waals surface area contributed by atoms with Gasteiger partial charge in [0.25, 0.3) is 15.7 Å². The Hall–Kier alpha value is -1.93. The Balaban J connectivity index is 3.16. The van der Waals surface area contributed by atoms with Crippen LogP contribution < -0.4 is 11.2 Å². The normalized spacial score (nSPS) is 12.8. The van der Waals surface area contributed by atoms with Gasteiger partial charge in [0.15, 0.2) is 0 Å². The van der Waals surface area contributed by atoms with Crippen LogP contribution in [-0.2, 0) is 15.5 Å². The van der Waals surface area contributed by atoms with Crippen LogP contribution in [-0.4, -0.2) is 22.9 Å². The molecule has 20 heavy (non-hydrogen) atoms. The number of rotatable bonds is 1. The molecule has 0 aliphatic heterocycles. The first kappa shape index (κ1) is 14.5. The van der Waals surface area contributed by atoms with E-state index >= 15 is 0 Å². The molecule has 108 valence electrons. The number of hydrogen-bond donors (Lipinski definition) is 3. The Morgan fingerprint density at radius 3 is 2.20 bits per heavy atom. The number of H-pyrrole nitrogens is 2. The van der Waals surface area contributed by atoms with Gasteiger partial charge in [-0.05, 0) is 17.5 Å². The third-order valence-electron chi connectivity index (χ3n) is 2.91. The maximum atomic E-state index is 11.8. The minimum absolute atomic E-state index is 0.112. The Morgan fingerprint density at radius 1 is 1.10 bits per heavy atom. The van der Waals surface area contributed by atoms with E-state index in [0.717, 1.165) is 6.07 Å². The summed E-state index contributed by atoms with van der Waals surface area (Å²) >= 11 is 0. The molecule has 8 heteroatoms. The summed E-state index contributed by atoms with van der Waals surface area (Å²) < 4.78 is 32.3. The summed E-state index contributed by atoms with van der Waals surface area (Å²) in [5.41, 5.74) is -1.75. The van der Waals surface area contributed by atoms with E-state index in [1.807, 2.05) is 0 Å². The average Bonchev–Trinajstić information content (AvgIpc) is 2.24. The molecule has 0 saturated heterocycles. The van der Waals surface area contributed by atoms with E-state index < -0.39 is 26.8 Å². The molecule has 0 spiro atoms. The van der Waals surface area contributed by atoms with Crippen LogP contribution in [0.3, 0.4) is 0 Å². The molecule has 0 aliphatic carbocycles. The zero-order valence-electron chi connectivity index (χ0n) is 11.1. The molecule has 0 aliphatic rings. The van der Waals surface area contributed by atoms with E-state index in [-0.39, 0.29) is 21.4 Å². The molecule has 1 aromatic carbocycles. The second kappa shape index (κ2) is 4.29. The second-order valence-corrected chi connectivity index (χ2v) is 6.88. The second-order valence-electron chi connectivity index (χ2n) is 5.49. The number of hydrogen-bond acceptors (Lipinski definition) is 4. The summed E-state index contributed by atoms with van der Waals surface area (Å²) in [6.45, 7) is 5.15. The highest BCUT2D eigenvalue weighted by atomic mass is 32.2. The van der Waals surface area contributed by atoms with Crippen molar-refractivity contribution in [2.24, 2.45) is 0 Å². The van der Waals surface area contributed by atoms with Crippen molar-refractivity contribution in [1.29, 1.82) is 0 Å². The largest absolute Gasteiger partial charge is 0.326 e.